The summed E-state index contributed by atoms with van der Waals surface area (Å²) in [7, 11) is 0. The summed E-state index contributed by atoms with van der Waals surface area (Å²) in [5.41, 5.74) is 2.69. The summed E-state index contributed by atoms with van der Waals surface area (Å²) in [6, 6.07) is 21.0. The summed E-state index contributed by atoms with van der Waals surface area (Å²) >= 11 is 15.7. The molecule has 0 aliphatic carbocycles. The van der Waals surface area contributed by atoms with Gasteiger partial charge in [0.15, 0.2) is 11.5 Å². The van der Waals surface area contributed by atoms with E-state index in [-0.39, 0.29) is 18.1 Å². The van der Waals surface area contributed by atoms with Crippen LogP contribution in [0.25, 0.3) is 6.08 Å². The lowest BCUT2D eigenvalue weighted by molar-refractivity contribution is -0.126. The molecule has 0 radical (unpaired) electrons. The minimum absolute atomic E-state index is 0.0667. The van der Waals surface area contributed by atoms with Gasteiger partial charge in [0.1, 0.15) is 18.2 Å². The summed E-state index contributed by atoms with van der Waals surface area (Å²) in [6.07, 6.45) is 1.59. The predicted octanol–water partition coefficient (Wildman–Crippen LogP) is 6.99. The predicted molar refractivity (Wildman–Crippen MR) is 155 cm³/mol. The van der Waals surface area contributed by atoms with Gasteiger partial charge in [0.05, 0.1) is 21.1 Å². The number of carbonyl (C=O) groups excluding carboxylic acids is 1. The molecule has 1 fully saturated rings. The molecular formula is C29H26BrCl2N3O3. The molecule has 9 heteroatoms. The molecule has 0 saturated carbocycles. The molecule has 0 unspecified atom stereocenters. The first-order chi connectivity index (χ1) is 18.4. The second-order valence-corrected chi connectivity index (χ2v) is 10.3. The summed E-state index contributed by atoms with van der Waals surface area (Å²) in [5.74, 6) is 0.723. The molecule has 1 aliphatic heterocycles. The van der Waals surface area contributed by atoms with Gasteiger partial charge >= 0.3 is 0 Å². The van der Waals surface area contributed by atoms with Gasteiger partial charge in [-0.1, -0.05) is 47.5 Å². The minimum atomic E-state index is -0.283. The van der Waals surface area contributed by atoms with Crippen LogP contribution in [-0.2, 0) is 11.4 Å². The highest BCUT2D eigenvalue weighted by Crippen LogP contribution is 2.38. The van der Waals surface area contributed by atoms with Crippen LogP contribution in [0.4, 0.5) is 5.69 Å². The zero-order valence-electron chi connectivity index (χ0n) is 20.8. The van der Waals surface area contributed by atoms with Crippen molar-refractivity contribution in [3.8, 4) is 17.6 Å². The molecule has 3 aromatic rings. The molecule has 0 bridgehead atoms. The Morgan fingerprint density at radius 2 is 1.76 bits per heavy atom. The van der Waals surface area contributed by atoms with Gasteiger partial charge in [-0.3, -0.25) is 4.79 Å². The number of ether oxygens (including phenoxy) is 2. The number of nitrogens with zero attached hydrogens (tertiary/aromatic N) is 3. The molecule has 3 aromatic carbocycles. The van der Waals surface area contributed by atoms with E-state index in [0.717, 1.165) is 11.3 Å². The second kappa shape index (κ2) is 13.1. The highest BCUT2D eigenvalue weighted by Gasteiger charge is 2.24. The maximum Gasteiger partial charge on any atom is 0.264 e. The number of halogens is 3. The monoisotopic (exact) mass is 613 g/mol. The van der Waals surface area contributed by atoms with Crippen LogP contribution in [-0.4, -0.2) is 43.6 Å². The molecule has 0 atom stereocenters. The summed E-state index contributed by atoms with van der Waals surface area (Å²) < 4.78 is 12.5. The van der Waals surface area contributed by atoms with E-state index >= 15 is 0 Å². The Kier molecular flexibility index (Phi) is 9.57. The van der Waals surface area contributed by atoms with Gasteiger partial charge in [-0.05, 0) is 76.5 Å². The zero-order chi connectivity index (χ0) is 27.1. The van der Waals surface area contributed by atoms with Crippen molar-refractivity contribution in [3.05, 3.63) is 91.9 Å². The highest BCUT2D eigenvalue weighted by molar-refractivity contribution is 9.10. The molecule has 4 rings (SSSR count). The van der Waals surface area contributed by atoms with Crippen LogP contribution in [0.1, 0.15) is 18.1 Å². The largest absolute Gasteiger partial charge is 0.490 e. The lowest BCUT2D eigenvalue weighted by Gasteiger charge is -2.36. The summed E-state index contributed by atoms with van der Waals surface area (Å²) in [6.45, 7) is 5.04. The van der Waals surface area contributed by atoms with Gasteiger partial charge in [0, 0.05) is 31.9 Å². The fourth-order valence-electron chi connectivity index (χ4n) is 4.14. The van der Waals surface area contributed by atoms with E-state index in [1.165, 1.54) is 0 Å². The highest BCUT2D eigenvalue weighted by atomic mass is 79.9. The van der Waals surface area contributed by atoms with Crippen LogP contribution in [0.5, 0.6) is 11.5 Å². The van der Waals surface area contributed by atoms with E-state index < -0.39 is 0 Å². The molecule has 1 amide bonds. The number of anilines is 1. The van der Waals surface area contributed by atoms with Gasteiger partial charge in [-0.2, -0.15) is 5.26 Å². The van der Waals surface area contributed by atoms with E-state index in [1.807, 2.05) is 31.2 Å². The molecule has 0 aromatic heterocycles. The molecule has 38 heavy (non-hydrogen) atoms. The first-order valence-electron chi connectivity index (χ1n) is 12.1. The SMILES string of the molecule is CCOc1cc(/C=C(/C#N)C(=O)N2CCN(c3ccccc3)CC2)cc(Br)c1OCc1ccc(Cl)c(Cl)c1. The van der Waals surface area contributed by atoms with Crippen molar-refractivity contribution in [1.29, 1.82) is 5.26 Å². The van der Waals surface area contributed by atoms with Crippen LogP contribution in [0.3, 0.4) is 0 Å². The number of rotatable bonds is 8. The van der Waals surface area contributed by atoms with Crippen LogP contribution >= 0.6 is 39.1 Å². The standard InChI is InChI=1S/C29H26BrCl2N3O3/c1-2-37-27-17-21(15-24(30)28(27)38-19-20-8-9-25(31)26(32)16-20)14-22(18-33)29(36)35-12-10-34(11-13-35)23-6-4-3-5-7-23/h3-9,14-17H,2,10-13,19H2,1H3/b22-14-. The molecular weight excluding hydrogens is 589 g/mol. The quantitative estimate of drug-likeness (QED) is 0.202. The maximum absolute atomic E-state index is 13.2. The average Bonchev–Trinajstić information content (AvgIpc) is 2.93. The molecule has 0 spiro atoms. The lowest BCUT2D eigenvalue weighted by atomic mass is 10.1. The summed E-state index contributed by atoms with van der Waals surface area (Å²) in [5, 5.41) is 10.7. The van der Waals surface area contributed by atoms with Crippen molar-refractivity contribution >= 4 is 56.8 Å². The Morgan fingerprint density at radius 1 is 1.03 bits per heavy atom. The normalized spacial score (nSPS) is 13.7. The molecule has 1 aliphatic rings. The van der Waals surface area contributed by atoms with Crippen LogP contribution < -0.4 is 14.4 Å². The van der Waals surface area contributed by atoms with Crippen molar-refractivity contribution in [2.75, 3.05) is 37.7 Å². The van der Waals surface area contributed by atoms with Gasteiger partial charge in [-0.15, -0.1) is 0 Å². The number of piperazine rings is 1. The molecule has 6 nitrogen and oxygen atoms in total. The van der Waals surface area contributed by atoms with Gasteiger partial charge in [0.25, 0.3) is 5.91 Å². The van der Waals surface area contributed by atoms with Crippen molar-refractivity contribution < 1.29 is 14.3 Å². The van der Waals surface area contributed by atoms with Gasteiger partial charge in [-0.25, -0.2) is 0 Å². The average molecular weight is 615 g/mol. The Hall–Kier alpha value is -3.18. The molecule has 1 heterocycles. The fourth-order valence-corrected chi connectivity index (χ4v) is 5.04. The third-order valence-electron chi connectivity index (χ3n) is 6.05. The fraction of sp³-hybridized carbons (Fsp3) is 0.241. The van der Waals surface area contributed by atoms with Crippen molar-refractivity contribution in [2.24, 2.45) is 0 Å². The Morgan fingerprint density at radius 3 is 2.42 bits per heavy atom. The zero-order valence-corrected chi connectivity index (χ0v) is 23.9. The van der Waals surface area contributed by atoms with E-state index in [4.69, 9.17) is 32.7 Å². The van der Waals surface area contributed by atoms with Crippen molar-refractivity contribution in [1.82, 2.24) is 4.90 Å². The third-order valence-corrected chi connectivity index (χ3v) is 7.38. The number of amides is 1. The smallest absolute Gasteiger partial charge is 0.264 e. The van der Waals surface area contributed by atoms with E-state index in [9.17, 15) is 10.1 Å². The topological polar surface area (TPSA) is 65.8 Å². The number of hydrogen-bond acceptors (Lipinski definition) is 5. The van der Waals surface area contributed by atoms with Crippen molar-refractivity contribution in [3.63, 3.8) is 0 Å². The van der Waals surface area contributed by atoms with Gasteiger partial charge in [0.2, 0.25) is 0 Å². The first kappa shape index (κ1) is 27.8. The molecule has 0 N–H and O–H groups in total. The van der Waals surface area contributed by atoms with E-state index in [1.54, 1.807) is 35.2 Å². The van der Waals surface area contributed by atoms with Gasteiger partial charge < -0.3 is 19.3 Å². The number of benzene rings is 3. The molecule has 196 valence electrons. The maximum atomic E-state index is 13.2. The number of carbonyl (C=O) groups is 1. The third kappa shape index (κ3) is 6.82. The molecule has 1 saturated heterocycles. The van der Waals surface area contributed by atoms with E-state index in [2.05, 4.69) is 39.0 Å². The first-order valence-corrected chi connectivity index (χ1v) is 13.7. The Balaban J connectivity index is 1.49. The van der Waals surface area contributed by atoms with Crippen LogP contribution in [0.15, 0.2) is 70.7 Å². The van der Waals surface area contributed by atoms with E-state index in [0.29, 0.717) is 64.4 Å². The number of hydrogen-bond donors (Lipinski definition) is 0. The lowest BCUT2D eigenvalue weighted by Crippen LogP contribution is -2.49. The van der Waals surface area contributed by atoms with Crippen molar-refractivity contribution in [2.45, 2.75) is 13.5 Å². The number of para-hydroxylation sites is 1. The Labute approximate surface area is 241 Å². The number of nitriles is 1. The Bertz CT molecular complexity index is 1370. The minimum Gasteiger partial charge on any atom is -0.490 e. The van der Waals surface area contributed by atoms with Crippen LogP contribution in [0, 0.1) is 11.3 Å². The second-order valence-electron chi connectivity index (χ2n) is 8.58. The summed E-state index contributed by atoms with van der Waals surface area (Å²) in [4.78, 5) is 17.1. The van der Waals surface area contributed by atoms with Crippen LogP contribution in [0.2, 0.25) is 10.0 Å².